The molecule has 0 spiro atoms. The van der Waals surface area contributed by atoms with Gasteiger partial charge >= 0.3 is 0 Å². The van der Waals surface area contributed by atoms with Crippen LogP contribution in [0.1, 0.15) is 18.6 Å². The van der Waals surface area contributed by atoms with Crippen molar-refractivity contribution in [3.8, 4) is 0 Å². The van der Waals surface area contributed by atoms with Crippen LogP contribution in [-0.2, 0) is 9.59 Å². The zero-order valence-corrected chi connectivity index (χ0v) is 10.7. The van der Waals surface area contributed by atoms with Gasteiger partial charge in [0.1, 0.15) is 0 Å². The van der Waals surface area contributed by atoms with Crippen molar-refractivity contribution >= 4 is 23.4 Å². The third-order valence-corrected chi connectivity index (χ3v) is 2.60. The number of benzene rings is 1. The topological polar surface area (TPSA) is 78.4 Å². The molecule has 0 fully saturated rings. The van der Waals surface area contributed by atoms with Gasteiger partial charge in [0.25, 0.3) is 0 Å². The van der Waals surface area contributed by atoms with Crippen LogP contribution < -0.4 is 10.6 Å². The Bertz CT molecular complexity index is 437. The van der Waals surface area contributed by atoms with Crippen LogP contribution in [0.5, 0.6) is 0 Å². The zero-order valence-electron chi connectivity index (χ0n) is 9.94. The van der Waals surface area contributed by atoms with E-state index in [9.17, 15) is 14.7 Å². The minimum Gasteiger partial charge on any atom is -0.387 e. The van der Waals surface area contributed by atoms with E-state index in [4.69, 9.17) is 11.6 Å². The second-order valence-corrected chi connectivity index (χ2v) is 4.16. The van der Waals surface area contributed by atoms with Gasteiger partial charge in [-0.2, -0.15) is 0 Å². The molecule has 3 N–H and O–H groups in total. The van der Waals surface area contributed by atoms with Crippen molar-refractivity contribution < 1.29 is 14.7 Å². The SMILES string of the molecule is CC(=O)NCC(=O)NCC(O)c1ccccc1Cl. The highest BCUT2D eigenvalue weighted by atomic mass is 35.5. The van der Waals surface area contributed by atoms with Crippen molar-refractivity contribution in [2.24, 2.45) is 0 Å². The maximum Gasteiger partial charge on any atom is 0.239 e. The number of carbonyl (C=O) groups is 2. The van der Waals surface area contributed by atoms with Crippen molar-refractivity contribution in [2.45, 2.75) is 13.0 Å². The van der Waals surface area contributed by atoms with Gasteiger partial charge < -0.3 is 15.7 Å². The molecule has 0 aromatic heterocycles. The summed E-state index contributed by atoms with van der Waals surface area (Å²) in [5.41, 5.74) is 0.555. The second-order valence-electron chi connectivity index (χ2n) is 3.75. The minimum absolute atomic E-state index is 0.0438. The fraction of sp³-hybridized carbons (Fsp3) is 0.333. The lowest BCUT2D eigenvalue weighted by molar-refractivity contribution is -0.125. The number of aliphatic hydroxyl groups is 1. The van der Waals surface area contributed by atoms with E-state index in [2.05, 4.69) is 10.6 Å². The van der Waals surface area contributed by atoms with Crippen molar-refractivity contribution in [3.05, 3.63) is 34.9 Å². The lowest BCUT2D eigenvalue weighted by atomic mass is 10.1. The van der Waals surface area contributed by atoms with Crippen molar-refractivity contribution in [2.75, 3.05) is 13.1 Å². The molecule has 6 heteroatoms. The first-order chi connectivity index (χ1) is 8.50. The Hall–Kier alpha value is -1.59. The molecule has 0 heterocycles. The molecule has 1 atom stereocenters. The van der Waals surface area contributed by atoms with E-state index in [1.54, 1.807) is 24.3 Å². The van der Waals surface area contributed by atoms with Gasteiger partial charge in [-0.25, -0.2) is 0 Å². The summed E-state index contributed by atoms with van der Waals surface area (Å²) >= 11 is 5.91. The molecule has 5 nitrogen and oxygen atoms in total. The van der Waals surface area contributed by atoms with Crippen LogP contribution in [0.3, 0.4) is 0 Å². The molecule has 18 heavy (non-hydrogen) atoms. The number of nitrogens with one attached hydrogen (secondary N) is 2. The number of carbonyl (C=O) groups excluding carboxylic acids is 2. The molecule has 0 radical (unpaired) electrons. The lowest BCUT2D eigenvalue weighted by Crippen LogP contribution is -2.37. The highest BCUT2D eigenvalue weighted by Crippen LogP contribution is 2.21. The molecular weight excluding hydrogens is 256 g/mol. The molecule has 0 saturated heterocycles. The summed E-state index contributed by atoms with van der Waals surface area (Å²) < 4.78 is 0. The van der Waals surface area contributed by atoms with Gasteiger partial charge in [-0.1, -0.05) is 29.8 Å². The van der Waals surface area contributed by atoms with E-state index in [0.717, 1.165) is 0 Å². The summed E-state index contributed by atoms with van der Waals surface area (Å²) in [4.78, 5) is 21.9. The molecule has 98 valence electrons. The van der Waals surface area contributed by atoms with Crippen LogP contribution in [0.15, 0.2) is 24.3 Å². The van der Waals surface area contributed by atoms with Crippen LogP contribution in [0.2, 0.25) is 5.02 Å². The molecule has 0 saturated carbocycles. The third-order valence-electron chi connectivity index (χ3n) is 2.25. The van der Waals surface area contributed by atoms with Gasteiger partial charge in [-0.15, -0.1) is 0 Å². The van der Waals surface area contributed by atoms with Gasteiger partial charge in [0, 0.05) is 24.1 Å². The first-order valence-electron chi connectivity index (χ1n) is 5.44. The van der Waals surface area contributed by atoms with Crippen molar-refractivity contribution in [1.82, 2.24) is 10.6 Å². The average molecular weight is 271 g/mol. The zero-order chi connectivity index (χ0) is 13.5. The Morgan fingerprint density at radius 2 is 2.00 bits per heavy atom. The van der Waals surface area contributed by atoms with Crippen LogP contribution >= 0.6 is 11.6 Å². The first-order valence-corrected chi connectivity index (χ1v) is 5.82. The summed E-state index contributed by atoms with van der Waals surface area (Å²) in [6.07, 6.45) is -0.875. The lowest BCUT2D eigenvalue weighted by Gasteiger charge is -2.13. The molecular formula is C12H15ClN2O3. The van der Waals surface area contributed by atoms with Crippen molar-refractivity contribution in [3.63, 3.8) is 0 Å². The molecule has 1 unspecified atom stereocenters. The fourth-order valence-electron chi connectivity index (χ4n) is 1.33. The smallest absolute Gasteiger partial charge is 0.239 e. The standard InChI is InChI=1S/C12H15ClN2O3/c1-8(16)14-7-12(18)15-6-11(17)9-4-2-3-5-10(9)13/h2-5,11,17H,6-7H2,1H3,(H,14,16)(H,15,18). The molecule has 0 aliphatic carbocycles. The number of aliphatic hydroxyl groups excluding tert-OH is 1. The van der Waals surface area contributed by atoms with E-state index in [1.807, 2.05) is 0 Å². The van der Waals surface area contributed by atoms with E-state index in [0.29, 0.717) is 10.6 Å². The van der Waals surface area contributed by atoms with Crippen LogP contribution in [0.4, 0.5) is 0 Å². The summed E-state index contributed by atoms with van der Waals surface area (Å²) in [5, 5.41) is 15.1. The fourth-order valence-corrected chi connectivity index (χ4v) is 1.59. The molecule has 1 aromatic rings. The maximum atomic E-state index is 11.3. The Morgan fingerprint density at radius 3 is 2.61 bits per heavy atom. The van der Waals surface area contributed by atoms with E-state index >= 15 is 0 Å². The van der Waals surface area contributed by atoms with Crippen LogP contribution in [0.25, 0.3) is 0 Å². The van der Waals surface area contributed by atoms with Gasteiger partial charge in [0.2, 0.25) is 11.8 Å². The third kappa shape index (κ3) is 4.73. The molecule has 2 amide bonds. The first kappa shape index (κ1) is 14.5. The Kier molecular flexibility index (Phi) is 5.61. The van der Waals surface area contributed by atoms with E-state index in [1.165, 1.54) is 6.92 Å². The molecule has 0 aliphatic rings. The van der Waals surface area contributed by atoms with Gasteiger partial charge in [-0.3, -0.25) is 9.59 Å². The number of hydrogen-bond donors (Lipinski definition) is 3. The second kappa shape index (κ2) is 6.98. The summed E-state index contributed by atoms with van der Waals surface area (Å²) in [7, 11) is 0. The average Bonchev–Trinajstić information content (AvgIpc) is 2.34. The van der Waals surface area contributed by atoms with E-state index in [-0.39, 0.29) is 24.9 Å². The molecule has 0 bridgehead atoms. The molecule has 1 aromatic carbocycles. The highest BCUT2D eigenvalue weighted by Gasteiger charge is 2.12. The number of halogens is 1. The van der Waals surface area contributed by atoms with Gasteiger partial charge in [0.05, 0.1) is 12.6 Å². The van der Waals surface area contributed by atoms with Crippen LogP contribution in [0, 0.1) is 0 Å². The summed E-state index contributed by atoms with van der Waals surface area (Å²) in [6.45, 7) is 1.26. The molecule has 0 aliphatic heterocycles. The Morgan fingerprint density at radius 1 is 1.33 bits per heavy atom. The maximum absolute atomic E-state index is 11.3. The Balaban J connectivity index is 2.42. The predicted octanol–water partition coefficient (Wildman–Crippen LogP) is 0.626. The quantitative estimate of drug-likeness (QED) is 0.734. The van der Waals surface area contributed by atoms with Gasteiger partial charge in [0.15, 0.2) is 0 Å². The number of hydrogen-bond acceptors (Lipinski definition) is 3. The number of amides is 2. The minimum atomic E-state index is -0.875. The highest BCUT2D eigenvalue weighted by molar-refractivity contribution is 6.31. The van der Waals surface area contributed by atoms with Gasteiger partial charge in [-0.05, 0) is 6.07 Å². The van der Waals surface area contributed by atoms with Crippen LogP contribution in [-0.4, -0.2) is 30.0 Å². The monoisotopic (exact) mass is 270 g/mol. The van der Waals surface area contributed by atoms with Crippen molar-refractivity contribution in [1.29, 1.82) is 0 Å². The van der Waals surface area contributed by atoms with E-state index < -0.39 is 6.10 Å². The molecule has 1 rings (SSSR count). The predicted molar refractivity (Wildman–Crippen MR) is 68.1 cm³/mol. The normalized spacial score (nSPS) is 11.7. The Labute approximate surface area is 110 Å². The summed E-state index contributed by atoms with van der Waals surface area (Å²) in [5.74, 6) is -0.645. The number of rotatable bonds is 5. The summed E-state index contributed by atoms with van der Waals surface area (Å²) in [6, 6.07) is 6.86. The largest absolute Gasteiger partial charge is 0.387 e.